The molecular formula is C14H17NO. The number of aromatic nitrogens is 1. The number of rotatable bonds is 1. The fraction of sp³-hybridized carbons (Fsp3) is 0.357. The smallest absolute Gasteiger partial charge is 0.0769 e. The predicted molar refractivity (Wildman–Crippen MR) is 66.6 cm³/mol. The molecule has 0 saturated heterocycles. The number of hydrogen-bond acceptors (Lipinski definition) is 2. The first kappa shape index (κ1) is 11.1. The molecule has 0 aliphatic rings. The van der Waals surface area contributed by atoms with Crippen molar-refractivity contribution in [3.05, 3.63) is 40.6 Å². The lowest BCUT2D eigenvalue weighted by atomic mass is 9.99. The van der Waals surface area contributed by atoms with Crippen molar-refractivity contribution in [2.45, 2.75) is 33.8 Å². The monoisotopic (exact) mass is 215 g/mol. The van der Waals surface area contributed by atoms with Crippen molar-refractivity contribution in [3.8, 4) is 0 Å². The number of aliphatic hydroxyl groups is 1. The van der Waals surface area contributed by atoms with E-state index in [0.29, 0.717) is 0 Å². The van der Waals surface area contributed by atoms with E-state index in [1.165, 1.54) is 11.1 Å². The molecule has 1 aromatic carbocycles. The molecule has 0 spiro atoms. The van der Waals surface area contributed by atoms with Gasteiger partial charge in [-0.3, -0.25) is 4.98 Å². The quantitative estimate of drug-likeness (QED) is 0.792. The SMILES string of the molecule is Cc1cc(C)c2nc(C)cc(C(C)O)c2c1. The molecule has 1 heterocycles. The zero-order valence-electron chi connectivity index (χ0n) is 10.2. The van der Waals surface area contributed by atoms with Crippen LogP contribution in [0.5, 0.6) is 0 Å². The maximum atomic E-state index is 9.80. The minimum absolute atomic E-state index is 0.453. The van der Waals surface area contributed by atoms with Crippen molar-refractivity contribution in [1.29, 1.82) is 0 Å². The van der Waals surface area contributed by atoms with Crippen LogP contribution in [-0.4, -0.2) is 10.1 Å². The van der Waals surface area contributed by atoms with Gasteiger partial charge in [0.2, 0.25) is 0 Å². The molecule has 0 radical (unpaired) electrons. The van der Waals surface area contributed by atoms with E-state index >= 15 is 0 Å². The molecule has 1 unspecified atom stereocenters. The first-order valence-electron chi connectivity index (χ1n) is 5.55. The van der Waals surface area contributed by atoms with Crippen molar-refractivity contribution < 1.29 is 5.11 Å². The van der Waals surface area contributed by atoms with Gasteiger partial charge in [0.15, 0.2) is 0 Å². The summed E-state index contributed by atoms with van der Waals surface area (Å²) in [6, 6.07) is 6.18. The summed E-state index contributed by atoms with van der Waals surface area (Å²) in [5.41, 5.74) is 5.30. The van der Waals surface area contributed by atoms with Crippen molar-refractivity contribution in [2.24, 2.45) is 0 Å². The van der Waals surface area contributed by atoms with Crippen LogP contribution in [0.4, 0.5) is 0 Å². The minimum atomic E-state index is -0.453. The lowest BCUT2D eigenvalue weighted by Crippen LogP contribution is -1.98. The van der Waals surface area contributed by atoms with Crippen LogP contribution in [0.3, 0.4) is 0 Å². The fourth-order valence-corrected chi connectivity index (χ4v) is 2.19. The van der Waals surface area contributed by atoms with Gasteiger partial charge in [-0.05, 0) is 51.0 Å². The molecule has 0 saturated carbocycles. The van der Waals surface area contributed by atoms with Crippen molar-refractivity contribution in [3.63, 3.8) is 0 Å². The van der Waals surface area contributed by atoms with Crippen molar-refractivity contribution >= 4 is 10.9 Å². The van der Waals surface area contributed by atoms with Gasteiger partial charge in [0.05, 0.1) is 11.6 Å². The van der Waals surface area contributed by atoms with Crippen LogP contribution in [0.25, 0.3) is 10.9 Å². The summed E-state index contributed by atoms with van der Waals surface area (Å²) in [5.74, 6) is 0. The van der Waals surface area contributed by atoms with Crippen LogP contribution in [0, 0.1) is 20.8 Å². The van der Waals surface area contributed by atoms with Gasteiger partial charge >= 0.3 is 0 Å². The number of aryl methyl sites for hydroxylation is 3. The van der Waals surface area contributed by atoms with Gasteiger partial charge in [-0.15, -0.1) is 0 Å². The van der Waals surface area contributed by atoms with E-state index in [2.05, 4.69) is 31.0 Å². The lowest BCUT2D eigenvalue weighted by Gasteiger charge is -2.12. The Balaban J connectivity index is 2.89. The zero-order valence-corrected chi connectivity index (χ0v) is 10.2. The van der Waals surface area contributed by atoms with Gasteiger partial charge in [-0.1, -0.05) is 11.6 Å². The van der Waals surface area contributed by atoms with E-state index in [9.17, 15) is 5.11 Å². The average molecular weight is 215 g/mol. The fourth-order valence-electron chi connectivity index (χ4n) is 2.19. The van der Waals surface area contributed by atoms with Gasteiger partial charge in [-0.25, -0.2) is 0 Å². The molecular weight excluding hydrogens is 198 g/mol. The van der Waals surface area contributed by atoms with Crippen LogP contribution < -0.4 is 0 Å². The Kier molecular flexibility index (Phi) is 2.68. The third kappa shape index (κ3) is 1.81. The first-order chi connectivity index (χ1) is 7.49. The normalized spacial score (nSPS) is 13.1. The standard InChI is InChI=1S/C14H17NO/c1-8-5-9(2)14-13(6-8)12(11(4)16)7-10(3)15-14/h5-7,11,16H,1-4H3. The first-order valence-corrected chi connectivity index (χ1v) is 5.55. The molecule has 1 atom stereocenters. The van der Waals surface area contributed by atoms with Crippen LogP contribution in [0.15, 0.2) is 18.2 Å². The highest BCUT2D eigenvalue weighted by molar-refractivity contribution is 5.86. The third-order valence-electron chi connectivity index (χ3n) is 2.86. The van der Waals surface area contributed by atoms with Crippen LogP contribution in [0.2, 0.25) is 0 Å². The molecule has 2 rings (SSSR count). The lowest BCUT2D eigenvalue weighted by molar-refractivity contribution is 0.200. The van der Waals surface area contributed by atoms with E-state index in [1.54, 1.807) is 6.92 Å². The minimum Gasteiger partial charge on any atom is -0.389 e. The van der Waals surface area contributed by atoms with Crippen molar-refractivity contribution in [1.82, 2.24) is 4.98 Å². The summed E-state index contributed by atoms with van der Waals surface area (Å²) in [6.45, 7) is 7.89. The number of nitrogens with zero attached hydrogens (tertiary/aromatic N) is 1. The summed E-state index contributed by atoms with van der Waals surface area (Å²) in [4.78, 5) is 4.55. The van der Waals surface area contributed by atoms with Gasteiger partial charge in [0, 0.05) is 11.1 Å². The molecule has 0 aliphatic carbocycles. The van der Waals surface area contributed by atoms with Crippen LogP contribution in [0.1, 0.15) is 35.4 Å². The Morgan fingerprint density at radius 1 is 1.12 bits per heavy atom. The summed E-state index contributed by atoms with van der Waals surface area (Å²) in [5, 5.41) is 10.9. The molecule has 1 N–H and O–H groups in total. The van der Waals surface area contributed by atoms with E-state index in [4.69, 9.17) is 0 Å². The number of hydrogen-bond donors (Lipinski definition) is 1. The number of benzene rings is 1. The van der Waals surface area contributed by atoms with E-state index in [1.807, 2.05) is 13.0 Å². The second-order valence-corrected chi connectivity index (χ2v) is 4.51. The van der Waals surface area contributed by atoms with Gasteiger partial charge in [-0.2, -0.15) is 0 Å². The van der Waals surface area contributed by atoms with E-state index < -0.39 is 6.10 Å². The van der Waals surface area contributed by atoms with E-state index in [0.717, 1.165) is 22.2 Å². The van der Waals surface area contributed by atoms with Crippen molar-refractivity contribution in [2.75, 3.05) is 0 Å². The van der Waals surface area contributed by atoms with Gasteiger partial charge < -0.3 is 5.11 Å². The van der Waals surface area contributed by atoms with Gasteiger partial charge in [0.25, 0.3) is 0 Å². The Morgan fingerprint density at radius 3 is 2.44 bits per heavy atom. The summed E-state index contributed by atoms with van der Waals surface area (Å²) < 4.78 is 0. The molecule has 2 heteroatoms. The third-order valence-corrected chi connectivity index (χ3v) is 2.86. The molecule has 1 aromatic heterocycles. The molecule has 2 nitrogen and oxygen atoms in total. The van der Waals surface area contributed by atoms with Gasteiger partial charge in [0.1, 0.15) is 0 Å². The molecule has 2 aromatic rings. The molecule has 0 fully saturated rings. The Bertz CT molecular complexity index is 544. The van der Waals surface area contributed by atoms with E-state index in [-0.39, 0.29) is 0 Å². The predicted octanol–water partition coefficient (Wildman–Crippen LogP) is 3.21. The second-order valence-electron chi connectivity index (χ2n) is 4.51. The number of pyridine rings is 1. The Morgan fingerprint density at radius 2 is 1.81 bits per heavy atom. The largest absolute Gasteiger partial charge is 0.389 e. The Labute approximate surface area is 96.0 Å². The topological polar surface area (TPSA) is 33.1 Å². The average Bonchev–Trinajstić information content (AvgIpc) is 2.18. The zero-order chi connectivity index (χ0) is 11.9. The molecule has 0 amide bonds. The van der Waals surface area contributed by atoms with Crippen LogP contribution in [-0.2, 0) is 0 Å². The highest BCUT2D eigenvalue weighted by Crippen LogP contribution is 2.27. The maximum Gasteiger partial charge on any atom is 0.0769 e. The number of fused-ring (bicyclic) bond motifs is 1. The second kappa shape index (κ2) is 3.87. The molecule has 84 valence electrons. The van der Waals surface area contributed by atoms with Crippen LogP contribution >= 0.6 is 0 Å². The highest BCUT2D eigenvalue weighted by Gasteiger charge is 2.10. The molecule has 0 aliphatic heterocycles. The summed E-state index contributed by atoms with van der Waals surface area (Å²) in [6.07, 6.45) is -0.453. The summed E-state index contributed by atoms with van der Waals surface area (Å²) in [7, 11) is 0. The summed E-state index contributed by atoms with van der Waals surface area (Å²) >= 11 is 0. The number of aliphatic hydroxyl groups excluding tert-OH is 1. The molecule has 16 heavy (non-hydrogen) atoms. The maximum absolute atomic E-state index is 9.80. The molecule has 0 bridgehead atoms. The highest BCUT2D eigenvalue weighted by atomic mass is 16.3. The Hall–Kier alpha value is -1.41.